The van der Waals surface area contributed by atoms with Gasteiger partial charge >= 0.3 is 0 Å². The molecule has 7 nitrogen and oxygen atoms in total. The Morgan fingerprint density at radius 3 is 2.68 bits per heavy atom. The van der Waals surface area contributed by atoms with Crippen LogP contribution in [0.2, 0.25) is 0 Å². The van der Waals surface area contributed by atoms with Crippen molar-refractivity contribution < 1.29 is 9.32 Å². The third kappa shape index (κ3) is 3.94. The third-order valence-electron chi connectivity index (χ3n) is 6.24. The Labute approximate surface area is 166 Å². The zero-order chi connectivity index (χ0) is 19.7. The van der Waals surface area contributed by atoms with Crippen molar-refractivity contribution in [2.75, 3.05) is 19.6 Å². The van der Waals surface area contributed by atoms with Gasteiger partial charge in [0.25, 0.3) is 0 Å². The molecule has 1 atom stereocenters. The number of nitrogens with zero attached hydrogens (tertiary/aromatic N) is 5. The lowest BCUT2D eigenvalue weighted by Crippen LogP contribution is -2.53. The molecule has 7 heteroatoms. The minimum Gasteiger partial charge on any atom is -0.361 e. The van der Waals surface area contributed by atoms with Crippen LogP contribution in [0, 0.1) is 26.2 Å². The summed E-state index contributed by atoms with van der Waals surface area (Å²) < 4.78 is 5.34. The predicted molar refractivity (Wildman–Crippen MR) is 104 cm³/mol. The molecule has 2 aromatic rings. The molecule has 2 saturated heterocycles. The molecule has 0 saturated carbocycles. The quantitative estimate of drug-likeness (QED) is 0.808. The first-order valence-electron chi connectivity index (χ1n) is 10.1. The molecule has 0 radical (unpaired) electrons. The number of carbonyl (C=O) groups is 1. The van der Waals surface area contributed by atoms with Gasteiger partial charge in [0, 0.05) is 43.2 Å². The number of aryl methyl sites for hydroxylation is 3. The molecule has 4 heterocycles. The number of likely N-dealkylation sites (tertiary alicyclic amines) is 2. The molecule has 1 spiro atoms. The molecule has 2 aliphatic rings. The molecule has 2 fully saturated rings. The van der Waals surface area contributed by atoms with Crippen LogP contribution in [-0.4, -0.2) is 50.5 Å². The SMILES string of the molecule is Cc1cnc(CN2C[C@@]3(CCCN(Cc4c(C)noc4C)C3)CCC2=O)cn1. The van der Waals surface area contributed by atoms with Gasteiger partial charge in [-0.1, -0.05) is 5.16 Å². The summed E-state index contributed by atoms with van der Waals surface area (Å²) in [5.41, 5.74) is 4.11. The number of aromatic nitrogens is 3. The fourth-order valence-electron chi connectivity index (χ4n) is 4.67. The Morgan fingerprint density at radius 2 is 1.96 bits per heavy atom. The van der Waals surface area contributed by atoms with E-state index in [1.54, 1.807) is 12.4 Å². The molecule has 0 bridgehead atoms. The average molecular weight is 383 g/mol. The molecule has 1 amide bonds. The molecule has 2 aliphatic heterocycles. The second-order valence-electron chi connectivity index (χ2n) is 8.52. The van der Waals surface area contributed by atoms with E-state index in [-0.39, 0.29) is 11.3 Å². The van der Waals surface area contributed by atoms with Crippen LogP contribution in [0.5, 0.6) is 0 Å². The highest BCUT2D eigenvalue weighted by Gasteiger charge is 2.41. The maximum Gasteiger partial charge on any atom is 0.222 e. The molecule has 0 aliphatic carbocycles. The summed E-state index contributed by atoms with van der Waals surface area (Å²) in [6, 6.07) is 0. The minimum atomic E-state index is 0.170. The van der Waals surface area contributed by atoms with Crippen molar-refractivity contribution in [1.29, 1.82) is 0 Å². The first-order chi connectivity index (χ1) is 13.4. The monoisotopic (exact) mass is 383 g/mol. The standard InChI is InChI=1S/C21H29N5O2/c1-15-9-23-18(10-22-15)11-26-14-21(7-5-20(26)27)6-4-8-25(13-21)12-19-16(2)24-28-17(19)3/h9-10H,4-8,11-14H2,1-3H3/t21-/m0/s1. The van der Waals surface area contributed by atoms with E-state index in [0.29, 0.717) is 13.0 Å². The summed E-state index contributed by atoms with van der Waals surface area (Å²) in [5.74, 6) is 1.14. The Morgan fingerprint density at radius 1 is 1.11 bits per heavy atom. The first-order valence-corrected chi connectivity index (χ1v) is 10.1. The molecule has 4 rings (SSSR count). The van der Waals surface area contributed by atoms with Gasteiger partial charge in [0.2, 0.25) is 5.91 Å². The van der Waals surface area contributed by atoms with Crippen molar-refractivity contribution in [2.45, 2.75) is 59.5 Å². The zero-order valence-electron chi connectivity index (χ0n) is 17.1. The highest BCUT2D eigenvalue weighted by molar-refractivity contribution is 5.77. The van der Waals surface area contributed by atoms with Crippen LogP contribution in [0.15, 0.2) is 16.9 Å². The lowest BCUT2D eigenvalue weighted by atomic mass is 9.73. The fourth-order valence-corrected chi connectivity index (χ4v) is 4.67. The maximum atomic E-state index is 12.6. The van der Waals surface area contributed by atoms with Crippen molar-refractivity contribution >= 4 is 5.91 Å². The Kier molecular flexibility index (Phi) is 5.19. The number of carbonyl (C=O) groups excluding carboxylic acids is 1. The van der Waals surface area contributed by atoms with Crippen LogP contribution in [0.4, 0.5) is 0 Å². The molecule has 0 aromatic carbocycles. The summed E-state index contributed by atoms with van der Waals surface area (Å²) in [7, 11) is 0. The topological polar surface area (TPSA) is 75.4 Å². The number of rotatable bonds is 4. The molecule has 0 N–H and O–H groups in total. The lowest BCUT2D eigenvalue weighted by molar-refractivity contribution is -0.140. The Bertz CT molecular complexity index is 827. The van der Waals surface area contributed by atoms with E-state index in [9.17, 15) is 4.79 Å². The van der Waals surface area contributed by atoms with Gasteiger partial charge < -0.3 is 9.42 Å². The minimum absolute atomic E-state index is 0.170. The van der Waals surface area contributed by atoms with Crippen molar-refractivity contribution in [3.8, 4) is 0 Å². The summed E-state index contributed by atoms with van der Waals surface area (Å²) in [5, 5.41) is 4.09. The second kappa shape index (κ2) is 7.62. The lowest BCUT2D eigenvalue weighted by Gasteiger charge is -2.48. The second-order valence-corrected chi connectivity index (χ2v) is 8.52. The number of piperidine rings is 2. The molecule has 150 valence electrons. The molecule has 28 heavy (non-hydrogen) atoms. The van der Waals surface area contributed by atoms with E-state index in [2.05, 4.69) is 20.0 Å². The molecular weight excluding hydrogens is 354 g/mol. The predicted octanol–water partition coefficient (Wildman–Crippen LogP) is 2.79. The van der Waals surface area contributed by atoms with Gasteiger partial charge in [-0.3, -0.25) is 19.7 Å². The van der Waals surface area contributed by atoms with E-state index in [1.807, 2.05) is 25.7 Å². The van der Waals surface area contributed by atoms with Crippen LogP contribution in [-0.2, 0) is 17.9 Å². The van der Waals surface area contributed by atoms with Crippen LogP contribution in [0.3, 0.4) is 0 Å². The van der Waals surface area contributed by atoms with Crippen LogP contribution in [0.25, 0.3) is 0 Å². The largest absolute Gasteiger partial charge is 0.361 e. The van der Waals surface area contributed by atoms with Crippen molar-refractivity contribution in [3.05, 3.63) is 40.8 Å². The smallest absolute Gasteiger partial charge is 0.222 e. The van der Waals surface area contributed by atoms with Crippen LogP contribution < -0.4 is 0 Å². The average Bonchev–Trinajstić information content (AvgIpc) is 2.99. The van der Waals surface area contributed by atoms with Gasteiger partial charge in [-0.2, -0.15) is 0 Å². The normalized spacial score (nSPS) is 23.5. The van der Waals surface area contributed by atoms with Gasteiger partial charge in [-0.15, -0.1) is 0 Å². The van der Waals surface area contributed by atoms with Crippen molar-refractivity contribution in [2.24, 2.45) is 5.41 Å². The van der Waals surface area contributed by atoms with Gasteiger partial charge in [0.1, 0.15) is 5.76 Å². The van der Waals surface area contributed by atoms with Gasteiger partial charge in [-0.05, 0) is 46.6 Å². The van der Waals surface area contributed by atoms with E-state index < -0.39 is 0 Å². The highest BCUT2D eigenvalue weighted by Crippen LogP contribution is 2.39. The highest BCUT2D eigenvalue weighted by atomic mass is 16.5. The number of hydrogen-bond donors (Lipinski definition) is 0. The third-order valence-corrected chi connectivity index (χ3v) is 6.24. The fraction of sp³-hybridized carbons (Fsp3) is 0.619. The number of hydrogen-bond acceptors (Lipinski definition) is 6. The van der Waals surface area contributed by atoms with Gasteiger partial charge in [-0.25, -0.2) is 0 Å². The molecule has 0 unspecified atom stereocenters. The molecular formula is C21H29N5O2. The van der Waals surface area contributed by atoms with Crippen molar-refractivity contribution in [1.82, 2.24) is 24.9 Å². The summed E-state index contributed by atoms with van der Waals surface area (Å²) in [6.45, 7) is 10.3. The zero-order valence-corrected chi connectivity index (χ0v) is 17.1. The van der Waals surface area contributed by atoms with Crippen molar-refractivity contribution in [3.63, 3.8) is 0 Å². The van der Waals surface area contributed by atoms with E-state index in [4.69, 9.17) is 4.52 Å². The van der Waals surface area contributed by atoms with E-state index in [0.717, 1.165) is 61.9 Å². The summed E-state index contributed by atoms with van der Waals surface area (Å²) >= 11 is 0. The molecule has 2 aromatic heterocycles. The Hall–Kier alpha value is -2.28. The Balaban J connectivity index is 1.45. The van der Waals surface area contributed by atoms with Crippen LogP contribution >= 0.6 is 0 Å². The van der Waals surface area contributed by atoms with E-state index in [1.165, 1.54) is 12.0 Å². The first kappa shape index (κ1) is 19.1. The van der Waals surface area contributed by atoms with Crippen LogP contribution in [0.1, 0.15) is 54.1 Å². The summed E-state index contributed by atoms with van der Waals surface area (Å²) in [4.78, 5) is 25.8. The maximum absolute atomic E-state index is 12.6. The van der Waals surface area contributed by atoms with Gasteiger partial charge in [0.05, 0.1) is 29.8 Å². The van der Waals surface area contributed by atoms with E-state index >= 15 is 0 Å². The number of amides is 1. The van der Waals surface area contributed by atoms with Gasteiger partial charge in [0.15, 0.2) is 0 Å². The summed E-state index contributed by atoms with van der Waals surface area (Å²) in [6.07, 6.45) is 7.49.